The van der Waals surface area contributed by atoms with Crippen LogP contribution in [0.1, 0.15) is 46.1 Å². The summed E-state index contributed by atoms with van der Waals surface area (Å²) in [6, 6.07) is 8.00. The van der Waals surface area contributed by atoms with Gasteiger partial charge >= 0.3 is 0 Å². The van der Waals surface area contributed by atoms with Crippen molar-refractivity contribution >= 4 is 23.5 Å². The summed E-state index contributed by atoms with van der Waals surface area (Å²) in [5.74, 6) is 1.30. The first-order valence-electron chi connectivity index (χ1n) is 8.81. The van der Waals surface area contributed by atoms with Gasteiger partial charge in [0, 0.05) is 25.3 Å². The number of nitrogens with zero attached hydrogens (tertiary/aromatic N) is 1. The maximum atomic E-state index is 5.71. The molecule has 6 heteroatoms. The molecule has 0 aliphatic carbocycles. The van der Waals surface area contributed by atoms with Gasteiger partial charge in [-0.2, -0.15) is 5.10 Å². The van der Waals surface area contributed by atoms with Crippen LogP contribution < -0.4 is 15.5 Å². The smallest absolute Gasteiger partial charge is 0.187 e. The molecule has 0 saturated carbocycles. The minimum Gasteiger partial charge on any atom is -0.491 e. The summed E-state index contributed by atoms with van der Waals surface area (Å²) in [7, 11) is 0. The zero-order chi connectivity index (χ0) is 18.3. The van der Waals surface area contributed by atoms with E-state index in [4.69, 9.17) is 21.7 Å². The Bertz CT molecular complexity index is 585. The summed E-state index contributed by atoms with van der Waals surface area (Å²) < 4.78 is 11.3. The van der Waals surface area contributed by atoms with E-state index in [9.17, 15) is 0 Å². The lowest BCUT2D eigenvalue weighted by atomic mass is 9.89. The molecule has 0 amide bonds. The highest BCUT2D eigenvalue weighted by atomic mass is 32.1. The maximum Gasteiger partial charge on any atom is 0.187 e. The van der Waals surface area contributed by atoms with Crippen LogP contribution >= 0.6 is 12.2 Å². The molecule has 1 aliphatic heterocycles. The van der Waals surface area contributed by atoms with Crippen LogP contribution in [-0.4, -0.2) is 29.6 Å². The highest BCUT2D eigenvalue weighted by Crippen LogP contribution is 2.27. The predicted molar refractivity (Wildman–Crippen MR) is 106 cm³/mol. The van der Waals surface area contributed by atoms with Crippen LogP contribution in [0.25, 0.3) is 0 Å². The molecule has 5 nitrogen and oxygen atoms in total. The molecule has 1 aromatic carbocycles. The summed E-state index contributed by atoms with van der Waals surface area (Å²) in [4.78, 5) is 0. The van der Waals surface area contributed by atoms with E-state index in [2.05, 4.69) is 29.7 Å². The first kappa shape index (κ1) is 19.7. The molecule has 138 valence electrons. The molecule has 0 aromatic heterocycles. The van der Waals surface area contributed by atoms with E-state index in [0.717, 1.165) is 30.8 Å². The Hall–Kier alpha value is -1.66. The molecular weight excluding hydrogens is 334 g/mol. The third-order valence-electron chi connectivity index (χ3n) is 3.93. The van der Waals surface area contributed by atoms with Crippen molar-refractivity contribution < 1.29 is 9.47 Å². The Kier molecular flexibility index (Phi) is 7.20. The molecule has 2 rings (SSSR count). The van der Waals surface area contributed by atoms with E-state index in [0.29, 0.717) is 17.6 Å². The summed E-state index contributed by atoms with van der Waals surface area (Å²) >= 11 is 5.26. The number of ether oxygens (including phenoxy) is 2. The number of thiocarbonyl (C=S) groups is 1. The summed E-state index contributed by atoms with van der Waals surface area (Å²) in [5, 5.41) is 7.94. The minimum absolute atomic E-state index is 0.0703. The molecule has 2 N–H and O–H groups in total. The van der Waals surface area contributed by atoms with Gasteiger partial charge in [-0.1, -0.05) is 12.1 Å². The van der Waals surface area contributed by atoms with Crippen LogP contribution in [0.15, 0.2) is 29.4 Å². The second kappa shape index (κ2) is 9.15. The number of benzene rings is 1. The van der Waals surface area contributed by atoms with Gasteiger partial charge in [-0.3, -0.25) is 5.43 Å². The average molecular weight is 364 g/mol. The van der Waals surface area contributed by atoms with E-state index < -0.39 is 0 Å². The molecule has 0 unspecified atom stereocenters. The molecule has 1 heterocycles. The Labute approximate surface area is 156 Å². The molecule has 1 aromatic rings. The fourth-order valence-corrected chi connectivity index (χ4v) is 2.91. The quantitative estimate of drug-likeness (QED) is 0.459. The van der Waals surface area contributed by atoms with E-state index in [-0.39, 0.29) is 11.7 Å². The minimum atomic E-state index is -0.0703. The fraction of sp³-hybridized carbons (Fsp3) is 0.579. The third-order valence-corrected chi connectivity index (χ3v) is 4.17. The van der Waals surface area contributed by atoms with Gasteiger partial charge in [0.05, 0.1) is 11.7 Å². The molecule has 0 radical (unpaired) electrons. The molecular formula is C19H29N3O2S. The normalized spacial score (nSPS) is 19.8. The van der Waals surface area contributed by atoms with Gasteiger partial charge in [-0.05, 0) is 70.5 Å². The lowest BCUT2D eigenvalue weighted by Crippen LogP contribution is -2.35. The van der Waals surface area contributed by atoms with Gasteiger partial charge in [0.25, 0.3) is 0 Å². The molecule has 1 fully saturated rings. The Balaban J connectivity index is 1.71. The van der Waals surface area contributed by atoms with Gasteiger partial charge in [0.15, 0.2) is 5.11 Å². The van der Waals surface area contributed by atoms with Crippen LogP contribution in [0.3, 0.4) is 0 Å². The van der Waals surface area contributed by atoms with Crippen molar-refractivity contribution in [1.82, 2.24) is 10.7 Å². The summed E-state index contributed by atoms with van der Waals surface area (Å²) in [6.45, 7) is 9.69. The number of rotatable bonds is 6. The van der Waals surface area contributed by atoms with Crippen molar-refractivity contribution in [3.8, 4) is 5.75 Å². The number of hydrogen-bond donors (Lipinski definition) is 2. The SMILES string of the molecule is CC(C)Oc1ccc(CNC(=S)N/N=C\[C@@H]2CCOC(C)(C)C2)cc1. The molecule has 1 atom stereocenters. The molecule has 1 aliphatic rings. The molecule has 0 bridgehead atoms. The monoisotopic (exact) mass is 363 g/mol. The predicted octanol–water partition coefficient (Wildman–Crippen LogP) is 3.63. The van der Waals surface area contributed by atoms with E-state index in [1.807, 2.05) is 44.3 Å². The molecule has 1 saturated heterocycles. The highest BCUT2D eigenvalue weighted by molar-refractivity contribution is 7.80. The second-order valence-electron chi connectivity index (χ2n) is 7.24. The van der Waals surface area contributed by atoms with Gasteiger partial charge in [-0.15, -0.1) is 0 Å². The number of nitrogens with one attached hydrogen (secondary N) is 2. The average Bonchev–Trinajstić information content (AvgIpc) is 2.53. The Morgan fingerprint density at radius 2 is 2.12 bits per heavy atom. The maximum absolute atomic E-state index is 5.71. The first-order valence-corrected chi connectivity index (χ1v) is 9.21. The van der Waals surface area contributed by atoms with Crippen molar-refractivity contribution in [3.63, 3.8) is 0 Å². The number of hydrogen-bond acceptors (Lipinski definition) is 4. The first-order chi connectivity index (χ1) is 11.8. The van der Waals surface area contributed by atoms with E-state index in [1.165, 1.54) is 0 Å². The standard InChI is InChI=1S/C19H29N3O2S/c1-14(2)24-17-7-5-15(6-8-17)12-20-18(25)22-21-13-16-9-10-23-19(3,4)11-16/h5-8,13-14,16H,9-12H2,1-4H3,(H2,20,22,25)/b21-13-/t16-/m1/s1. The van der Waals surface area contributed by atoms with Gasteiger partial charge in [0.1, 0.15) is 5.75 Å². The zero-order valence-electron chi connectivity index (χ0n) is 15.5. The number of hydrazone groups is 1. The van der Waals surface area contributed by atoms with Gasteiger partial charge in [-0.25, -0.2) is 0 Å². The second-order valence-corrected chi connectivity index (χ2v) is 7.65. The zero-order valence-corrected chi connectivity index (χ0v) is 16.4. The van der Waals surface area contributed by atoms with Crippen LogP contribution in [0.2, 0.25) is 0 Å². The third kappa shape index (κ3) is 7.40. The summed E-state index contributed by atoms with van der Waals surface area (Å²) in [5.41, 5.74) is 3.95. The van der Waals surface area contributed by atoms with Crippen molar-refractivity contribution in [2.45, 2.75) is 58.8 Å². The van der Waals surface area contributed by atoms with Crippen LogP contribution in [0.5, 0.6) is 5.75 Å². The van der Waals surface area contributed by atoms with Crippen LogP contribution in [0, 0.1) is 5.92 Å². The van der Waals surface area contributed by atoms with Crippen molar-refractivity contribution in [2.75, 3.05) is 6.61 Å². The highest BCUT2D eigenvalue weighted by Gasteiger charge is 2.27. The summed E-state index contributed by atoms with van der Waals surface area (Å²) in [6.07, 6.45) is 4.10. The lowest BCUT2D eigenvalue weighted by molar-refractivity contribution is -0.0608. The van der Waals surface area contributed by atoms with Crippen molar-refractivity contribution in [2.24, 2.45) is 11.0 Å². The van der Waals surface area contributed by atoms with Crippen LogP contribution in [-0.2, 0) is 11.3 Å². The fourth-order valence-electron chi connectivity index (χ4n) is 2.79. The lowest BCUT2D eigenvalue weighted by Gasteiger charge is -2.33. The van der Waals surface area contributed by atoms with Crippen molar-refractivity contribution in [1.29, 1.82) is 0 Å². The van der Waals surface area contributed by atoms with E-state index >= 15 is 0 Å². The van der Waals surface area contributed by atoms with E-state index in [1.54, 1.807) is 0 Å². The van der Waals surface area contributed by atoms with Gasteiger partial charge < -0.3 is 14.8 Å². The molecule has 0 spiro atoms. The Morgan fingerprint density at radius 1 is 1.40 bits per heavy atom. The molecule has 25 heavy (non-hydrogen) atoms. The largest absolute Gasteiger partial charge is 0.491 e. The Morgan fingerprint density at radius 3 is 2.76 bits per heavy atom. The topological polar surface area (TPSA) is 54.9 Å². The van der Waals surface area contributed by atoms with Crippen molar-refractivity contribution in [3.05, 3.63) is 29.8 Å². The van der Waals surface area contributed by atoms with Crippen LogP contribution in [0.4, 0.5) is 0 Å². The van der Waals surface area contributed by atoms with Gasteiger partial charge in [0.2, 0.25) is 0 Å².